The molecule has 9 heteroatoms. The third-order valence-corrected chi connectivity index (χ3v) is 5.62. The average molecular weight is 469 g/mol. The summed E-state index contributed by atoms with van der Waals surface area (Å²) in [5.41, 5.74) is 3.15. The number of aromatic nitrogens is 3. The first-order chi connectivity index (χ1) is 16.0. The number of halogens is 3. The zero-order chi connectivity index (χ0) is 24.6. The molecule has 0 saturated heterocycles. The van der Waals surface area contributed by atoms with E-state index in [-0.39, 0.29) is 16.8 Å². The second-order valence-corrected chi connectivity index (χ2v) is 8.02. The molecule has 2 aromatic carbocycles. The van der Waals surface area contributed by atoms with Crippen LogP contribution in [0.4, 0.5) is 13.2 Å². The SMILES string of the molecule is Cc1cc(C(=O)COC(=O)c2ccc3c(c2)nc(C)n3-c2ccccc2)c(C)n1CC(F)(F)F. The number of fused-ring (bicyclic) bond motifs is 1. The fourth-order valence-electron chi connectivity index (χ4n) is 4.03. The van der Waals surface area contributed by atoms with Crippen LogP contribution in [0.2, 0.25) is 0 Å². The maximum atomic E-state index is 12.8. The van der Waals surface area contributed by atoms with Crippen molar-refractivity contribution in [3.63, 3.8) is 0 Å². The van der Waals surface area contributed by atoms with Gasteiger partial charge in [-0.05, 0) is 57.2 Å². The third kappa shape index (κ3) is 4.59. The standard InChI is InChI=1S/C25H22F3N3O3/c1-15-11-20(16(2)30(15)14-25(26,27)28)23(32)13-34-24(33)18-9-10-22-21(12-18)29-17(3)31(22)19-7-5-4-6-8-19/h4-12H,13-14H2,1-3H3. The number of alkyl halides is 3. The van der Waals surface area contributed by atoms with Crippen LogP contribution in [0.15, 0.2) is 54.6 Å². The van der Waals surface area contributed by atoms with Crippen molar-refractivity contribution in [1.29, 1.82) is 0 Å². The van der Waals surface area contributed by atoms with Crippen LogP contribution >= 0.6 is 0 Å². The Hall–Kier alpha value is -3.88. The van der Waals surface area contributed by atoms with E-state index in [1.54, 1.807) is 18.2 Å². The summed E-state index contributed by atoms with van der Waals surface area (Å²) in [7, 11) is 0. The monoisotopic (exact) mass is 469 g/mol. The van der Waals surface area contributed by atoms with Gasteiger partial charge in [-0.25, -0.2) is 9.78 Å². The van der Waals surface area contributed by atoms with Crippen LogP contribution in [0, 0.1) is 20.8 Å². The fraction of sp³-hybridized carbons (Fsp3) is 0.240. The van der Waals surface area contributed by atoms with Gasteiger partial charge >= 0.3 is 12.1 Å². The quantitative estimate of drug-likeness (QED) is 0.282. The normalized spacial score (nSPS) is 11.7. The predicted molar refractivity (Wildman–Crippen MR) is 120 cm³/mol. The molecule has 0 N–H and O–H groups in total. The Balaban J connectivity index is 1.50. The van der Waals surface area contributed by atoms with E-state index in [2.05, 4.69) is 4.98 Å². The number of hydrogen-bond acceptors (Lipinski definition) is 4. The Labute approximate surface area is 193 Å². The highest BCUT2D eigenvalue weighted by atomic mass is 19.4. The minimum Gasteiger partial charge on any atom is -0.454 e. The fourth-order valence-corrected chi connectivity index (χ4v) is 4.03. The Kier molecular flexibility index (Phi) is 6.03. The molecule has 4 aromatic rings. The number of nitrogens with zero attached hydrogens (tertiary/aromatic N) is 3. The lowest BCUT2D eigenvalue weighted by atomic mass is 10.1. The predicted octanol–water partition coefficient (Wildman–Crippen LogP) is 5.35. The molecular weight excluding hydrogens is 447 g/mol. The number of hydrogen-bond donors (Lipinski definition) is 0. The zero-order valence-electron chi connectivity index (χ0n) is 18.8. The van der Waals surface area contributed by atoms with Gasteiger partial charge in [-0.3, -0.25) is 9.36 Å². The number of aryl methyl sites for hydroxylation is 2. The maximum absolute atomic E-state index is 12.8. The molecule has 4 rings (SSSR count). The summed E-state index contributed by atoms with van der Waals surface area (Å²) in [4.78, 5) is 29.7. The van der Waals surface area contributed by atoms with E-state index in [9.17, 15) is 22.8 Å². The molecule has 0 aliphatic heterocycles. The number of ketones is 1. The minimum atomic E-state index is -4.41. The first-order valence-corrected chi connectivity index (χ1v) is 10.5. The summed E-state index contributed by atoms with van der Waals surface area (Å²) in [6, 6.07) is 16.0. The molecule has 0 fully saturated rings. The molecule has 2 heterocycles. The number of ether oxygens (including phenoxy) is 1. The van der Waals surface area contributed by atoms with Crippen molar-refractivity contribution in [2.24, 2.45) is 0 Å². The molecule has 2 aromatic heterocycles. The lowest BCUT2D eigenvalue weighted by Crippen LogP contribution is -2.20. The van der Waals surface area contributed by atoms with Gasteiger partial charge in [0.05, 0.1) is 16.6 Å². The Morgan fingerprint density at radius 2 is 1.71 bits per heavy atom. The number of para-hydroxylation sites is 1. The molecule has 0 unspecified atom stereocenters. The molecule has 0 bridgehead atoms. The maximum Gasteiger partial charge on any atom is 0.406 e. The van der Waals surface area contributed by atoms with Crippen LogP contribution in [-0.4, -0.2) is 38.7 Å². The lowest BCUT2D eigenvalue weighted by Gasteiger charge is -2.12. The van der Waals surface area contributed by atoms with Crippen LogP contribution < -0.4 is 0 Å². The topological polar surface area (TPSA) is 66.1 Å². The van der Waals surface area contributed by atoms with Gasteiger partial charge in [-0.15, -0.1) is 0 Å². The van der Waals surface area contributed by atoms with Crippen molar-refractivity contribution in [1.82, 2.24) is 14.1 Å². The van der Waals surface area contributed by atoms with Crippen LogP contribution in [0.1, 0.15) is 37.9 Å². The molecule has 34 heavy (non-hydrogen) atoms. The average Bonchev–Trinajstić information content (AvgIpc) is 3.26. The molecule has 0 aliphatic rings. The third-order valence-electron chi connectivity index (χ3n) is 5.62. The number of esters is 1. The van der Waals surface area contributed by atoms with E-state index in [0.29, 0.717) is 11.2 Å². The van der Waals surface area contributed by atoms with Gasteiger partial charge in [0.2, 0.25) is 5.78 Å². The van der Waals surface area contributed by atoms with Gasteiger partial charge in [-0.1, -0.05) is 18.2 Å². The highest BCUT2D eigenvalue weighted by Gasteiger charge is 2.30. The lowest BCUT2D eigenvalue weighted by molar-refractivity contribution is -0.141. The van der Waals surface area contributed by atoms with Crippen LogP contribution in [0.3, 0.4) is 0 Å². The van der Waals surface area contributed by atoms with Gasteiger partial charge in [0.1, 0.15) is 12.4 Å². The van der Waals surface area contributed by atoms with Crippen molar-refractivity contribution in [3.05, 3.63) is 82.9 Å². The van der Waals surface area contributed by atoms with Crippen LogP contribution in [0.25, 0.3) is 16.7 Å². The largest absolute Gasteiger partial charge is 0.454 e. The number of rotatable bonds is 6. The van der Waals surface area contributed by atoms with Crippen molar-refractivity contribution in [2.45, 2.75) is 33.5 Å². The zero-order valence-corrected chi connectivity index (χ0v) is 18.8. The molecule has 0 radical (unpaired) electrons. The van der Waals surface area contributed by atoms with Crippen LogP contribution in [0.5, 0.6) is 0 Å². The van der Waals surface area contributed by atoms with Crippen molar-refractivity contribution in [3.8, 4) is 5.69 Å². The van der Waals surface area contributed by atoms with Gasteiger partial charge in [0.15, 0.2) is 6.61 Å². The van der Waals surface area contributed by atoms with Gasteiger partial charge in [0.25, 0.3) is 0 Å². The van der Waals surface area contributed by atoms with Gasteiger partial charge in [0, 0.05) is 22.6 Å². The Morgan fingerprint density at radius 1 is 1.00 bits per heavy atom. The van der Waals surface area contributed by atoms with Crippen molar-refractivity contribution in [2.75, 3.05) is 6.61 Å². The summed E-state index contributed by atoms with van der Waals surface area (Å²) < 4.78 is 46.6. The second-order valence-electron chi connectivity index (χ2n) is 8.02. The van der Waals surface area contributed by atoms with Crippen molar-refractivity contribution < 1.29 is 27.5 Å². The highest BCUT2D eigenvalue weighted by Crippen LogP contribution is 2.24. The summed E-state index contributed by atoms with van der Waals surface area (Å²) >= 11 is 0. The number of Topliss-reactive ketones (excluding diaryl/α,β-unsaturated/α-hetero) is 1. The first-order valence-electron chi connectivity index (χ1n) is 10.5. The second kappa shape index (κ2) is 8.81. The number of imidazole rings is 1. The van der Waals surface area contributed by atoms with Crippen LogP contribution in [-0.2, 0) is 11.3 Å². The molecule has 0 amide bonds. The summed E-state index contributed by atoms with van der Waals surface area (Å²) in [5, 5.41) is 0. The highest BCUT2D eigenvalue weighted by molar-refractivity contribution is 6.01. The Bertz CT molecular complexity index is 1390. The molecule has 0 atom stereocenters. The Morgan fingerprint density at radius 3 is 2.38 bits per heavy atom. The molecule has 176 valence electrons. The van der Waals surface area contributed by atoms with Crippen molar-refractivity contribution >= 4 is 22.8 Å². The molecule has 0 spiro atoms. The number of carbonyl (C=O) groups excluding carboxylic acids is 2. The summed E-state index contributed by atoms with van der Waals surface area (Å²) in [6.45, 7) is 3.02. The molecule has 0 aliphatic carbocycles. The summed E-state index contributed by atoms with van der Waals surface area (Å²) in [6.07, 6.45) is -4.41. The first kappa shape index (κ1) is 23.3. The van der Waals surface area contributed by atoms with E-state index in [1.807, 2.05) is 41.8 Å². The van der Waals surface area contributed by atoms with E-state index in [4.69, 9.17) is 4.74 Å². The van der Waals surface area contributed by atoms with Gasteiger partial charge in [-0.2, -0.15) is 13.2 Å². The van der Waals surface area contributed by atoms with E-state index < -0.39 is 31.1 Å². The van der Waals surface area contributed by atoms with E-state index >= 15 is 0 Å². The van der Waals surface area contributed by atoms with E-state index in [1.165, 1.54) is 19.9 Å². The molecular formula is C25H22F3N3O3. The van der Waals surface area contributed by atoms with Gasteiger partial charge < -0.3 is 9.30 Å². The molecule has 6 nitrogen and oxygen atoms in total. The number of benzene rings is 2. The summed E-state index contributed by atoms with van der Waals surface area (Å²) in [5.74, 6) is -0.539. The minimum absolute atomic E-state index is 0.0993. The van der Waals surface area contributed by atoms with E-state index in [0.717, 1.165) is 21.6 Å². The molecule has 0 saturated carbocycles. The number of carbonyl (C=O) groups is 2. The smallest absolute Gasteiger partial charge is 0.406 e.